The number of anilines is 1. The maximum Gasteiger partial charge on any atom is 0.339 e. The van der Waals surface area contributed by atoms with Crippen LogP contribution in [-0.2, 0) is 32.0 Å². The Kier molecular flexibility index (Phi) is 6.06. The van der Waals surface area contributed by atoms with Gasteiger partial charge in [0.25, 0.3) is 0 Å². The van der Waals surface area contributed by atoms with Gasteiger partial charge in [-0.15, -0.1) is 0 Å². The molecular formula is C21H22N2O5. The Morgan fingerprint density at radius 1 is 1.00 bits per heavy atom. The molecule has 3 rings (SSSR count). The van der Waals surface area contributed by atoms with Crippen molar-refractivity contribution in [2.75, 3.05) is 26.1 Å². The summed E-state index contributed by atoms with van der Waals surface area (Å²) in [6, 6.07) is 13.9. The number of carbonyl (C=O) groups excluding carboxylic acids is 3. The molecule has 1 atom stereocenters. The van der Waals surface area contributed by atoms with Crippen LogP contribution >= 0.6 is 0 Å². The first-order valence-electron chi connectivity index (χ1n) is 8.89. The Morgan fingerprint density at radius 3 is 2.39 bits per heavy atom. The number of carbonyl (C=O) groups is 3. The molecule has 0 radical (unpaired) electrons. The van der Waals surface area contributed by atoms with Gasteiger partial charge in [-0.1, -0.05) is 36.4 Å². The van der Waals surface area contributed by atoms with Crippen molar-refractivity contribution in [1.29, 1.82) is 0 Å². The molecule has 1 heterocycles. The molecule has 0 fully saturated rings. The molecule has 0 aliphatic carbocycles. The average molecular weight is 382 g/mol. The van der Waals surface area contributed by atoms with Gasteiger partial charge in [-0.05, 0) is 29.7 Å². The van der Waals surface area contributed by atoms with Gasteiger partial charge in [0.05, 0.1) is 32.0 Å². The molecule has 0 bridgehead atoms. The normalized spacial score (nSPS) is 16.0. The number of para-hydroxylation sites is 1. The summed E-state index contributed by atoms with van der Waals surface area (Å²) in [5, 5.41) is 2.74. The molecule has 28 heavy (non-hydrogen) atoms. The third-order valence-electron chi connectivity index (χ3n) is 4.77. The fraction of sp³-hybridized carbons (Fsp3) is 0.286. The summed E-state index contributed by atoms with van der Waals surface area (Å²) in [7, 11) is 2.63. The van der Waals surface area contributed by atoms with Crippen molar-refractivity contribution in [1.82, 2.24) is 4.90 Å². The van der Waals surface area contributed by atoms with Crippen LogP contribution in [0.15, 0.2) is 48.5 Å². The molecular weight excluding hydrogens is 360 g/mol. The van der Waals surface area contributed by atoms with Gasteiger partial charge in [0.1, 0.15) is 6.04 Å². The lowest BCUT2D eigenvalue weighted by atomic mass is 9.94. The number of amides is 1. The minimum Gasteiger partial charge on any atom is -0.468 e. The van der Waals surface area contributed by atoms with E-state index in [1.807, 2.05) is 24.3 Å². The predicted molar refractivity (Wildman–Crippen MR) is 103 cm³/mol. The molecule has 1 aliphatic heterocycles. The van der Waals surface area contributed by atoms with Gasteiger partial charge in [-0.3, -0.25) is 14.5 Å². The lowest BCUT2D eigenvalue weighted by Crippen LogP contribution is -2.49. The second-order valence-corrected chi connectivity index (χ2v) is 6.50. The van der Waals surface area contributed by atoms with E-state index >= 15 is 0 Å². The number of hydrogen-bond acceptors (Lipinski definition) is 6. The van der Waals surface area contributed by atoms with Gasteiger partial charge in [0, 0.05) is 6.54 Å². The summed E-state index contributed by atoms with van der Waals surface area (Å²) < 4.78 is 9.68. The smallest absolute Gasteiger partial charge is 0.339 e. The lowest BCUT2D eigenvalue weighted by molar-refractivity contribution is -0.148. The largest absolute Gasteiger partial charge is 0.468 e. The van der Waals surface area contributed by atoms with Gasteiger partial charge in [0.2, 0.25) is 5.91 Å². The number of esters is 2. The van der Waals surface area contributed by atoms with Gasteiger partial charge < -0.3 is 14.8 Å². The summed E-state index contributed by atoms with van der Waals surface area (Å²) in [6.45, 7) is 0.450. The predicted octanol–water partition coefficient (Wildman–Crippen LogP) is 2.01. The zero-order valence-electron chi connectivity index (χ0n) is 15.8. The van der Waals surface area contributed by atoms with Crippen LogP contribution in [0.3, 0.4) is 0 Å². The maximum atomic E-state index is 12.7. The number of nitrogens with one attached hydrogen (secondary N) is 1. The topological polar surface area (TPSA) is 84.9 Å². The van der Waals surface area contributed by atoms with Crippen molar-refractivity contribution >= 4 is 23.5 Å². The molecule has 0 aromatic heterocycles. The number of rotatable bonds is 5. The zero-order chi connectivity index (χ0) is 20.1. The summed E-state index contributed by atoms with van der Waals surface area (Å²) in [5.41, 5.74) is 2.79. The van der Waals surface area contributed by atoms with E-state index in [1.54, 1.807) is 29.2 Å². The Bertz CT molecular complexity index is 896. The second kappa shape index (κ2) is 8.67. The van der Waals surface area contributed by atoms with Crippen molar-refractivity contribution in [3.05, 3.63) is 65.2 Å². The molecule has 0 unspecified atom stereocenters. The molecule has 1 N–H and O–H groups in total. The molecule has 0 saturated carbocycles. The average Bonchev–Trinajstić information content (AvgIpc) is 2.72. The lowest BCUT2D eigenvalue weighted by Gasteiger charge is -2.34. The van der Waals surface area contributed by atoms with Crippen LogP contribution in [0.2, 0.25) is 0 Å². The number of methoxy groups -OCH3 is 2. The molecule has 2 aromatic carbocycles. The van der Waals surface area contributed by atoms with Crippen molar-refractivity contribution in [2.24, 2.45) is 0 Å². The van der Waals surface area contributed by atoms with E-state index in [4.69, 9.17) is 9.47 Å². The van der Waals surface area contributed by atoms with Crippen LogP contribution in [-0.4, -0.2) is 49.6 Å². The highest BCUT2D eigenvalue weighted by Gasteiger charge is 2.33. The minimum atomic E-state index is -0.540. The molecule has 0 saturated heterocycles. The number of hydrogen-bond donors (Lipinski definition) is 1. The fourth-order valence-corrected chi connectivity index (χ4v) is 3.37. The molecule has 1 aliphatic rings. The molecule has 7 nitrogen and oxygen atoms in total. The highest BCUT2D eigenvalue weighted by Crippen LogP contribution is 2.24. The summed E-state index contributed by atoms with van der Waals surface area (Å²) in [6.07, 6.45) is 0.481. The SMILES string of the molecule is COC(=O)c1ccccc1NC(=O)CN1Cc2ccccc2C[C@H]1C(=O)OC. The van der Waals surface area contributed by atoms with Crippen LogP contribution in [0.5, 0.6) is 0 Å². The highest BCUT2D eigenvalue weighted by atomic mass is 16.5. The summed E-state index contributed by atoms with van der Waals surface area (Å²) in [5.74, 6) is -1.24. The van der Waals surface area contributed by atoms with Gasteiger partial charge in [-0.25, -0.2) is 4.79 Å². The number of ether oxygens (including phenoxy) is 2. The van der Waals surface area contributed by atoms with Crippen molar-refractivity contribution in [3.63, 3.8) is 0 Å². The van der Waals surface area contributed by atoms with Gasteiger partial charge >= 0.3 is 11.9 Å². The first kappa shape index (κ1) is 19.6. The first-order valence-corrected chi connectivity index (χ1v) is 8.89. The van der Waals surface area contributed by atoms with E-state index in [2.05, 4.69) is 5.32 Å². The van der Waals surface area contributed by atoms with Crippen LogP contribution in [0, 0.1) is 0 Å². The Labute approximate surface area is 163 Å². The molecule has 7 heteroatoms. The Balaban J connectivity index is 1.77. The molecule has 146 valence electrons. The fourth-order valence-electron chi connectivity index (χ4n) is 3.37. The van der Waals surface area contributed by atoms with Crippen LogP contribution in [0.1, 0.15) is 21.5 Å². The third kappa shape index (κ3) is 4.20. The van der Waals surface area contributed by atoms with Gasteiger partial charge in [0.15, 0.2) is 0 Å². The third-order valence-corrected chi connectivity index (χ3v) is 4.77. The molecule has 0 spiro atoms. The standard InChI is InChI=1S/C21H22N2O5/c1-27-20(25)16-9-5-6-10-17(16)22-19(24)13-23-12-15-8-4-3-7-14(15)11-18(23)21(26)28-2/h3-10,18H,11-13H2,1-2H3,(H,22,24)/t18-/m0/s1. The monoisotopic (exact) mass is 382 g/mol. The van der Waals surface area contributed by atoms with Crippen molar-refractivity contribution in [3.8, 4) is 0 Å². The van der Waals surface area contributed by atoms with Crippen molar-refractivity contribution < 1.29 is 23.9 Å². The van der Waals surface area contributed by atoms with E-state index in [0.29, 0.717) is 18.7 Å². The number of benzene rings is 2. The van der Waals surface area contributed by atoms with E-state index < -0.39 is 12.0 Å². The van der Waals surface area contributed by atoms with Crippen LogP contribution in [0.4, 0.5) is 5.69 Å². The molecule has 2 aromatic rings. The maximum absolute atomic E-state index is 12.7. The summed E-state index contributed by atoms with van der Waals surface area (Å²) >= 11 is 0. The van der Waals surface area contributed by atoms with E-state index in [0.717, 1.165) is 11.1 Å². The zero-order valence-corrected chi connectivity index (χ0v) is 15.8. The minimum absolute atomic E-state index is 0.0103. The van der Waals surface area contributed by atoms with E-state index in [1.165, 1.54) is 14.2 Å². The first-order chi connectivity index (χ1) is 13.5. The number of nitrogens with zero attached hydrogens (tertiary/aromatic N) is 1. The van der Waals surface area contributed by atoms with Crippen molar-refractivity contribution in [2.45, 2.75) is 19.0 Å². The van der Waals surface area contributed by atoms with E-state index in [9.17, 15) is 14.4 Å². The van der Waals surface area contributed by atoms with E-state index in [-0.39, 0.29) is 24.0 Å². The quantitative estimate of drug-likeness (QED) is 0.797. The van der Waals surface area contributed by atoms with Crippen LogP contribution < -0.4 is 5.32 Å². The Hall–Kier alpha value is -3.19. The Morgan fingerprint density at radius 2 is 1.68 bits per heavy atom. The highest BCUT2D eigenvalue weighted by molar-refractivity contribution is 6.01. The number of fused-ring (bicyclic) bond motifs is 1. The second-order valence-electron chi connectivity index (χ2n) is 6.50. The van der Waals surface area contributed by atoms with Gasteiger partial charge in [-0.2, -0.15) is 0 Å². The summed E-state index contributed by atoms with van der Waals surface area (Å²) in [4.78, 5) is 38.6. The van der Waals surface area contributed by atoms with Crippen LogP contribution in [0.25, 0.3) is 0 Å². The molecule has 1 amide bonds.